The van der Waals surface area contributed by atoms with Gasteiger partial charge in [-0.05, 0) is 62.2 Å². The fourth-order valence-electron chi connectivity index (χ4n) is 3.25. The highest BCUT2D eigenvalue weighted by Gasteiger charge is 2.19. The van der Waals surface area contributed by atoms with Crippen LogP contribution in [0.5, 0.6) is 0 Å². The van der Waals surface area contributed by atoms with Crippen LogP contribution < -0.4 is 15.5 Å². The highest BCUT2D eigenvalue weighted by Crippen LogP contribution is 2.23. The van der Waals surface area contributed by atoms with E-state index in [4.69, 9.17) is 0 Å². The number of nitrogens with one attached hydrogen (secondary N) is 2. The largest absolute Gasteiger partial charge is 0.374 e. The lowest BCUT2D eigenvalue weighted by Crippen LogP contribution is -2.32. The average Bonchev–Trinajstić information content (AvgIpc) is 3.23. The molecule has 1 atom stereocenters. The van der Waals surface area contributed by atoms with Crippen LogP contribution in [0, 0.1) is 0 Å². The van der Waals surface area contributed by atoms with Gasteiger partial charge in [-0.3, -0.25) is 4.79 Å². The third-order valence-electron chi connectivity index (χ3n) is 5.00. The molecule has 0 aliphatic carbocycles. The summed E-state index contributed by atoms with van der Waals surface area (Å²) in [6.45, 7) is 3.95. The van der Waals surface area contributed by atoms with Crippen LogP contribution in [0.2, 0.25) is 0 Å². The van der Waals surface area contributed by atoms with Crippen LogP contribution >= 0.6 is 0 Å². The SMILES string of the molecule is C[C@@H](Nc1ccc(N2CCCC2)cc1)C(=O)Nc1cccc(S(=O)(=O)N(C)C)c1. The molecule has 156 valence electrons. The Labute approximate surface area is 172 Å². The molecule has 1 aliphatic rings. The zero-order chi connectivity index (χ0) is 21.0. The summed E-state index contributed by atoms with van der Waals surface area (Å²) < 4.78 is 25.7. The van der Waals surface area contributed by atoms with Crippen molar-refractivity contribution in [2.45, 2.75) is 30.7 Å². The normalized spacial score (nSPS) is 15.4. The molecule has 0 spiro atoms. The van der Waals surface area contributed by atoms with Crippen LogP contribution in [0.1, 0.15) is 19.8 Å². The average molecular weight is 417 g/mol. The predicted octanol–water partition coefficient (Wildman–Crippen LogP) is 2.98. The number of hydrogen-bond acceptors (Lipinski definition) is 5. The van der Waals surface area contributed by atoms with Crippen molar-refractivity contribution in [3.05, 3.63) is 48.5 Å². The van der Waals surface area contributed by atoms with Crippen molar-refractivity contribution in [3.63, 3.8) is 0 Å². The van der Waals surface area contributed by atoms with E-state index in [9.17, 15) is 13.2 Å². The van der Waals surface area contributed by atoms with E-state index in [0.29, 0.717) is 5.69 Å². The molecular weight excluding hydrogens is 388 g/mol. The number of hydrogen-bond donors (Lipinski definition) is 2. The summed E-state index contributed by atoms with van der Waals surface area (Å²) in [7, 11) is -0.605. The molecular formula is C21H28N4O3S. The molecule has 2 aromatic rings. The van der Waals surface area contributed by atoms with Gasteiger partial charge in [0.15, 0.2) is 0 Å². The van der Waals surface area contributed by atoms with Crippen LogP contribution in [0.4, 0.5) is 17.1 Å². The van der Waals surface area contributed by atoms with Gasteiger partial charge in [0.25, 0.3) is 0 Å². The van der Waals surface area contributed by atoms with E-state index in [2.05, 4.69) is 27.7 Å². The summed E-state index contributed by atoms with van der Waals surface area (Å²) in [5.41, 5.74) is 2.50. The molecule has 7 nitrogen and oxygen atoms in total. The number of nitrogens with zero attached hydrogens (tertiary/aromatic N) is 2. The molecule has 1 amide bonds. The first-order valence-electron chi connectivity index (χ1n) is 9.72. The van der Waals surface area contributed by atoms with E-state index >= 15 is 0 Å². The Balaban J connectivity index is 1.62. The second kappa shape index (κ2) is 8.84. The number of carbonyl (C=O) groups is 1. The van der Waals surface area contributed by atoms with Gasteiger partial charge in [0.1, 0.15) is 6.04 Å². The van der Waals surface area contributed by atoms with E-state index in [1.54, 1.807) is 19.1 Å². The van der Waals surface area contributed by atoms with Crippen LogP contribution in [0.3, 0.4) is 0 Å². The molecule has 0 bridgehead atoms. The van der Waals surface area contributed by atoms with Crippen LogP contribution in [-0.4, -0.2) is 51.9 Å². The molecule has 2 N–H and O–H groups in total. The first kappa shape index (κ1) is 21.1. The van der Waals surface area contributed by atoms with E-state index in [1.165, 1.54) is 44.8 Å². The molecule has 8 heteroatoms. The monoisotopic (exact) mass is 416 g/mol. The van der Waals surface area contributed by atoms with Gasteiger partial charge in [0.05, 0.1) is 4.90 Å². The fraction of sp³-hybridized carbons (Fsp3) is 0.381. The Bertz CT molecular complexity index is 952. The Kier molecular flexibility index (Phi) is 6.44. The van der Waals surface area contributed by atoms with E-state index < -0.39 is 16.1 Å². The third-order valence-corrected chi connectivity index (χ3v) is 6.81. The second-order valence-electron chi connectivity index (χ2n) is 7.41. The molecule has 0 radical (unpaired) electrons. The van der Waals surface area contributed by atoms with Gasteiger partial charge >= 0.3 is 0 Å². The van der Waals surface area contributed by atoms with Crippen molar-refractivity contribution in [1.29, 1.82) is 0 Å². The molecule has 0 aromatic heterocycles. The maximum absolute atomic E-state index is 12.5. The minimum Gasteiger partial charge on any atom is -0.374 e. The molecule has 1 aliphatic heterocycles. The van der Waals surface area contributed by atoms with Gasteiger partial charge in [-0.25, -0.2) is 12.7 Å². The van der Waals surface area contributed by atoms with Crippen molar-refractivity contribution >= 4 is 33.0 Å². The van der Waals surface area contributed by atoms with Gasteiger partial charge in [-0.1, -0.05) is 6.07 Å². The predicted molar refractivity (Wildman–Crippen MR) is 117 cm³/mol. The molecule has 1 saturated heterocycles. The third kappa shape index (κ3) is 5.07. The Hall–Kier alpha value is -2.58. The summed E-state index contributed by atoms with van der Waals surface area (Å²) in [4.78, 5) is 15.0. The highest BCUT2D eigenvalue weighted by molar-refractivity contribution is 7.89. The lowest BCUT2D eigenvalue weighted by atomic mass is 10.2. The van der Waals surface area contributed by atoms with Crippen molar-refractivity contribution in [2.75, 3.05) is 42.7 Å². The number of amides is 1. The first-order chi connectivity index (χ1) is 13.8. The van der Waals surface area contributed by atoms with Crippen LogP contribution in [0.25, 0.3) is 0 Å². The minimum absolute atomic E-state index is 0.137. The van der Waals surface area contributed by atoms with E-state index in [1.807, 2.05) is 12.1 Å². The maximum atomic E-state index is 12.5. The Morgan fingerprint density at radius 3 is 2.31 bits per heavy atom. The van der Waals surface area contributed by atoms with Crippen molar-refractivity contribution in [2.24, 2.45) is 0 Å². The van der Waals surface area contributed by atoms with E-state index in [-0.39, 0.29) is 10.8 Å². The smallest absolute Gasteiger partial charge is 0.246 e. The lowest BCUT2D eigenvalue weighted by molar-refractivity contribution is -0.116. The molecule has 3 rings (SSSR count). The molecule has 2 aromatic carbocycles. The number of benzene rings is 2. The molecule has 1 fully saturated rings. The fourth-order valence-corrected chi connectivity index (χ4v) is 4.20. The summed E-state index contributed by atoms with van der Waals surface area (Å²) in [6.07, 6.45) is 2.46. The van der Waals surface area contributed by atoms with Crippen molar-refractivity contribution in [1.82, 2.24) is 4.31 Å². The molecule has 0 saturated carbocycles. The second-order valence-corrected chi connectivity index (χ2v) is 9.56. The Morgan fingerprint density at radius 2 is 1.69 bits per heavy atom. The van der Waals surface area contributed by atoms with Crippen molar-refractivity contribution < 1.29 is 13.2 Å². The lowest BCUT2D eigenvalue weighted by Gasteiger charge is -2.19. The van der Waals surface area contributed by atoms with Crippen LogP contribution in [0.15, 0.2) is 53.4 Å². The number of rotatable bonds is 7. The van der Waals surface area contributed by atoms with Gasteiger partial charge in [0.2, 0.25) is 15.9 Å². The van der Waals surface area contributed by atoms with Gasteiger partial charge < -0.3 is 15.5 Å². The molecule has 29 heavy (non-hydrogen) atoms. The zero-order valence-corrected chi connectivity index (χ0v) is 17.9. The van der Waals surface area contributed by atoms with Gasteiger partial charge in [-0.2, -0.15) is 0 Å². The first-order valence-corrected chi connectivity index (χ1v) is 11.2. The molecule has 1 heterocycles. The maximum Gasteiger partial charge on any atom is 0.246 e. The quantitative estimate of drug-likeness (QED) is 0.725. The summed E-state index contributed by atoms with van der Waals surface area (Å²) >= 11 is 0. The van der Waals surface area contributed by atoms with Gasteiger partial charge in [-0.15, -0.1) is 0 Å². The minimum atomic E-state index is -3.55. The number of anilines is 3. The highest BCUT2D eigenvalue weighted by atomic mass is 32.2. The van der Waals surface area contributed by atoms with Crippen molar-refractivity contribution in [3.8, 4) is 0 Å². The summed E-state index contributed by atoms with van der Waals surface area (Å²) in [5.74, 6) is -0.243. The Morgan fingerprint density at radius 1 is 1.03 bits per heavy atom. The molecule has 0 unspecified atom stereocenters. The number of carbonyl (C=O) groups excluding carboxylic acids is 1. The summed E-state index contributed by atoms with van der Waals surface area (Å²) in [6, 6.07) is 13.8. The van der Waals surface area contributed by atoms with Crippen LogP contribution in [-0.2, 0) is 14.8 Å². The number of sulfonamides is 1. The summed E-state index contributed by atoms with van der Waals surface area (Å²) in [5, 5.41) is 5.96. The standard InChI is InChI=1S/C21H28N4O3S/c1-16(22-17-9-11-19(12-10-17)25-13-4-5-14-25)21(26)23-18-7-6-8-20(15-18)29(27,28)24(2)3/h6-12,15-16,22H,4-5,13-14H2,1-3H3,(H,23,26)/t16-/m1/s1. The van der Waals surface area contributed by atoms with Gasteiger partial charge in [0, 0.05) is 44.2 Å². The topological polar surface area (TPSA) is 81.8 Å². The van der Waals surface area contributed by atoms with E-state index in [0.717, 1.165) is 23.1 Å². The zero-order valence-electron chi connectivity index (χ0n) is 17.1.